The van der Waals surface area contributed by atoms with Crippen LogP contribution in [-0.4, -0.2) is 37.5 Å². The van der Waals surface area contributed by atoms with E-state index in [-0.39, 0.29) is 24.0 Å². The van der Waals surface area contributed by atoms with Crippen molar-refractivity contribution in [3.05, 3.63) is 34.9 Å². The molecule has 0 amide bonds. The van der Waals surface area contributed by atoms with Crippen LogP contribution in [0.5, 0.6) is 0 Å². The molecule has 1 aromatic rings. The Morgan fingerprint density at radius 1 is 1.33 bits per heavy atom. The first-order chi connectivity index (χ1) is 8.16. The highest BCUT2D eigenvalue weighted by Gasteiger charge is 2.10. The Labute approximate surface area is 127 Å². The molecule has 0 atom stereocenters. The third-order valence-electron chi connectivity index (χ3n) is 3.23. The van der Waals surface area contributed by atoms with Crippen molar-refractivity contribution in [1.82, 2.24) is 10.2 Å². The minimum absolute atomic E-state index is 0. The molecular weight excluding hydrogens is 337 g/mol. The highest BCUT2D eigenvalue weighted by atomic mass is 127. The SMILES string of the molecule is Cc1ccc(CCNC2=NCCN2C)c(C)c1.I. The van der Waals surface area contributed by atoms with E-state index in [1.165, 1.54) is 16.7 Å². The van der Waals surface area contributed by atoms with Crippen LogP contribution in [0.25, 0.3) is 0 Å². The Morgan fingerprint density at radius 3 is 2.72 bits per heavy atom. The average molecular weight is 359 g/mol. The van der Waals surface area contributed by atoms with Gasteiger partial charge in [-0.15, -0.1) is 24.0 Å². The lowest BCUT2D eigenvalue weighted by Gasteiger charge is -2.15. The molecule has 0 spiro atoms. The molecule has 0 aromatic heterocycles. The zero-order chi connectivity index (χ0) is 12.3. The second kappa shape index (κ2) is 6.97. The van der Waals surface area contributed by atoms with Gasteiger partial charge in [-0.05, 0) is 31.4 Å². The van der Waals surface area contributed by atoms with Gasteiger partial charge >= 0.3 is 0 Å². The summed E-state index contributed by atoms with van der Waals surface area (Å²) in [6.07, 6.45) is 1.05. The number of benzene rings is 1. The zero-order valence-electron chi connectivity index (χ0n) is 11.4. The molecular formula is C14H22IN3. The molecule has 1 heterocycles. The van der Waals surface area contributed by atoms with Crippen molar-refractivity contribution in [2.45, 2.75) is 20.3 Å². The van der Waals surface area contributed by atoms with Gasteiger partial charge < -0.3 is 10.2 Å². The Morgan fingerprint density at radius 2 is 2.11 bits per heavy atom. The predicted octanol–water partition coefficient (Wildman–Crippen LogP) is 2.35. The van der Waals surface area contributed by atoms with Crippen molar-refractivity contribution in [2.75, 3.05) is 26.7 Å². The molecule has 3 nitrogen and oxygen atoms in total. The zero-order valence-corrected chi connectivity index (χ0v) is 13.7. The minimum Gasteiger partial charge on any atom is -0.356 e. The number of hydrogen-bond donors (Lipinski definition) is 1. The second-order valence-corrected chi connectivity index (χ2v) is 4.73. The topological polar surface area (TPSA) is 27.6 Å². The smallest absolute Gasteiger partial charge is 0.193 e. The quantitative estimate of drug-likeness (QED) is 0.840. The van der Waals surface area contributed by atoms with E-state index in [9.17, 15) is 0 Å². The average Bonchev–Trinajstić information content (AvgIpc) is 2.68. The fraction of sp³-hybridized carbons (Fsp3) is 0.500. The molecule has 0 aliphatic carbocycles. The summed E-state index contributed by atoms with van der Waals surface area (Å²) in [5.74, 6) is 1.04. The van der Waals surface area contributed by atoms with E-state index in [0.717, 1.165) is 32.0 Å². The summed E-state index contributed by atoms with van der Waals surface area (Å²) in [6, 6.07) is 6.66. The van der Waals surface area contributed by atoms with Crippen LogP contribution >= 0.6 is 24.0 Å². The lowest BCUT2D eigenvalue weighted by atomic mass is 10.0. The van der Waals surface area contributed by atoms with Gasteiger partial charge in [0.1, 0.15) is 0 Å². The number of nitrogens with one attached hydrogen (secondary N) is 1. The lowest BCUT2D eigenvalue weighted by Crippen LogP contribution is -2.36. The standard InChI is InChI=1S/C14H21N3.HI/c1-11-4-5-13(12(2)10-11)6-7-15-14-16-8-9-17(14)3;/h4-5,10H,6-9H2,1-3H3,(H,15,16);1H. The van der Waals surface area contributed by atoms with Crippen molar-refractivity contribution in [1.29, 1.82) is 0 Å². The Bertz CT molecular complexity index is 429. The third-order valence-corrected chi connectivity index (χ3v) is 3.23. The minimum atomic E-state index is 0. The summed E-state index contributed by atoms with van der Waals surface area (Å²) in [4.78, 5) is 6.58. The van der Waals surface area contributed by atoms with Gasteiger partial charge in [-0.1, -0.05) is 23.8 Å². The van der Waals surface area contributed by atoms with Crippen molar-refractivity contribution >= 4 is 29.9 Å². The van der Waals surface area contributed by atoms with E-state index in [4.69, 9.17) is 0 Å². The van der Waals surface area contributed by atoms with E-state index in [2.05, 4.69) is 54.3 Å². The highest BCUT2D eigenvalue weighted by molar-refractivity contribution is 14.0. The monoisotopic (exact) mass is 359 g/mol. The summed E-state index contributed by atoms with van der Waals surface area (Å²) in [7, 11) is 2.08. The van der Waals surface area contributed by atoms with Gasteiger partial charge in [0.2, 0.25) is 0 Å². The van der Waals surface area contributed by atoms with E-state index in [1.807, 2.05) is 0 Å². The van der Waals surface area contributed by atoms with Crippen LogP contribution in [0.2, 0.25) is 0 Å². The summed E-state index contributed by atoms with van der Waals surface area (Å²) in [5.41, 5.74) is 4.14. The van der Waals surface area contributed by atoms with Gasteiger partial charge in [-0.25, -0.2) is 0 Å². The first kappa shape index (κ1) is 15.3. The lowest BCUT2D eigenvalue weighted by molar-refractivity contribution is 0.534. The second-order valence-electron chi connectivity index (χ2n) is 4.73. The molecule has 4 heteroatoms. The maximum Gasteiger partial charge on any atom is 0.193 e. The van der Waals surface area contributed by atoms with Crippen LogP contribution in [0.4, 0.5) is 0 Å². The number of rotatable bonds is 3. The largest absolute Gasteiger partial charge is 0.356 e. The van der Waals surface area contributed by atoms with Gasteiger partial charge in [-0.2, -0.15) is 0 Å². The predicted molar refractivity (Wildman–Crippen MR) is 88.0 cm³/mol. The molecule has 0 saturated heterocycles. The maximum atomic E-state index is 4.42. The summed E-state index contributed by atoms with van der Waals surface area (Å²) in [6.45, 7) is 7.22. The highest BCUT2D eigenvalue weighted by Crippen LogP contribution is 2.10. The Hall–Kier alpha value is -0.780. The van der Waals surface area contributed by atoms with Crippen LogP contribution in [0, 0.1) is 13.8 Å². The summed E-state index contributed by atoms with van der Waals surface area (Å²) in [5, 5.41) is 3.40. The van der Waals surface area contributed by atoms with E-state index < -0.39 is 0 Å². The van der Waals surface area contributed by atoms with E-state index in [0.29, 0.717) is 0 Å². The van der Waals surface area contributed by atoms with Crippen LogP contribution < -0.4 is 5.32 Å². The van der Waals surface area contributed by atoms with Crippen LogP contribution in [0.1, 0.15) is 16.7 Å². The first-order valence-corrected chi connectivity index (χ1v) is 6.22. The van der Waals surface area contributed by atoms with Crippen molar-refractivity contribution in [2.24, 2.45) is 4.99 Å². The number of hydrogen-bond acceptors (Lipinski definition) is 3. The number of aliphatic imine (C=N–C) groups is 1. The van der Waals surface area contributed by atoms with Crippen molar-refractivity contribution < 1.29 is 0 Å². The van der Waals surface area contributed by atoms with Crippen LogP contribution in [0.3, 0.4) is 0 Å². The molecule has 1 N–H and O–H groups in total. The van der Waals surface area contributed by atoms with E-state index in [1.54, 1.807) is 0 Å². The van der Waals surface area contributed by atoms with Gasteiger partial charge in [-0.3, -0.25) is 4.99 Å². The Balaban J connectivity index is 0.00000162. The van der Waals surface area contributed by atoms with Crippen molar-refractivity contribution in [3.8, 4) is 0 Å². The normalized spacial score (nSPS) is 14.2. The van der Waals surface area contributed by atoms with Gasteiger partial charge in [0.15, 0.2) is 5.96 Å². The maximum absolute atomic E-state index is 4.42. The van der Waals surface area contributed by atoms with Gasteiger partial charge in [0, 0.05) is 20.1 Å². The summed E-state index contributed by atoms with van der Waals surface area (Å²) >= 11 is 0. The molecule has 100 valence electrons. The number of aryl methyl sites for hydroxylation is 2. The molecule has 0 radical (unpaired) electrons. The number of guanidine groups is 1. The third kappa shape index (κ3) is 3.86. The fourth-order valence-corrected chi connectivity index (χ4v) is 2.16. The van der Waals surface area contributed by atoms with Crippen molar-refractivity contribution in [3.63, 3.8) is 0 Å². The molecule has 0 bridgehead atoms. The van der Waals surface area contributed by atoms with Crippen LogP contribution in [-0.2, 0) is 6.42 Å². The molecule has 1 aliphatic rings. The molecule has 18 heavy (non-hydrogen) atoms. The molecule has 1 aliphatic heterocycles. The fourth-order valence-electron chi connectivity index (χ4n) is 2.16. The first-order valence-electron chi connectivity index (χ1n) is 6.22. The molecule has 0 fully saturated rings. The van der Waals surface area contributed by atoms with Crippen LogP contribution in [0.15, 0.2) is 23.2 Å². The van der Waals surface area contributed by atoms with Gasteiger partial charge in [0.05, 0.1) is 6.54 Å². The summed E-state index contributed by atoms with van der Waals surface area (Å²) < 4.78 is 0. The van der Waals surface area contributed by atoms with E-state index >= 15 is 0 Å². The number of nitrogens with zero attached hydrogens (tertiary/aromatic N) is 2. The number of likely N-dealkylation sites (N-methyl/N-ethyl adjacent to an activating group) is 1. The van der Waals surface area contributed by atoms with Gasteiger partial charge in [0.25, 0.3) is 0 Å². The molecule has 0 saturated carbocycles. The molecule has 0 unspecified atom stereocenters. The molecule has 2 rings (SSSR count). The Kier molecular flexibility index (Phi) is 5.91. The number of halogens is 1. The molecule has 1 aromatic carbocycles.